The molecule has 2 saturated heterocycles. The van der Waals surface area contributed by atoms with Crippen molar-refractivity contribution in [2.75, 3.05) is 39.4 Å². The predicted octanol–water partition coefficient (Wildman–Crippen LogP) is 1.56. The number of carbonyl (C=O) groups is 6. The molecule has 3 atom stereocenters. The summed E-state index contributed by atoms with van der Waals surface area (Å²) in [7, 11) is 0. The van der Waals surface area contributed by atoms with Gasteiger partial charge in [0.15, 0.2) is 12.3 Å². The summed E-state index contributed by atoms with van der Waals surface area (Å²) in [6, 6.07) is 8.20. The van der Waals surface area contributed by atoms with Gasteiger partial charge in [0.05, 0.1) is 12.3 Å². The molecule has 270 valence electrons. The molecular weight excluding hydrogens is 650 g/mol. The molecule has 1 saturated carbocycles. The fraction of sp³-hybridized carbons (Fsp3) is 0.559. The molecule has 0 bridgehead atoms. The van der Waals surface area contributed by atoms with Gasteiger partial charge in [-0.15, -0.1) is 0 Å². The Bertz CT molecular complexity index is 1560. The van der Waals surface area contributed by atoms with E-state index in [1.807, 2.05) is 0 Å². The Hall–Kier alpha value is -5.15. The lowest BCUT2D eigenvalue weighted by atomic mass is 9.93. The van der Waals surface area contributed by atoms with Crippen LogP contribution in [0.2, 0.25) is 0 Å². The highest BCUT2D eigenvalue weighted by Crippen LogP contribution is 2.24. The van der Waals surface area contributed by atoms with Crippen molar-refractivity contribution in [3.8, 4) is 11.6 Å². The summed E-state index contributed by atoms with van der Waals surface area (Å²) in [5.41, 5.74) is 0.420. The first-order chi connectivity index (χ1) is 24.0. The van der Waals surface area contributed by atoms with E-state index in [0.29, 0.717) is 25.1 Å². The largest absolute Gasteiger partial charge is 0.481 e. The van der Waals surface area contributed by atoms with Crippen LogP contribution in [0, 0.1) is 0 Å². The van der Waals surface area contributed by atoms with Gasteiger partial charge in [-0.1, -0.05) is 18.2 Å². The summed E-state index contributed by atoms with van der Waals surface area (Å²) in [6.45, 7) is 4.30. The van der Waals surface area contributed by atoms with Crippen LogP contribution in [0.15, 0.2) is 36.4 Å². The van der Waals surface area contributed by atoms with Crippen LogP contribution in [0.1, 0.15) is 69.3 Å². The Morgan fingerprint density at radius 1 is 1.00 bits per heavy atom. The van der Waals surface area contributed by atoms with E-state index in [1.54, 1.807) is 44.2 Å². The van der Waals surface area contributed by atoms with E-state index in [-0.39, 0.29) is 74.6 Å². The van der Waals surface area contributed by atoms with Crippen LogP contribution >= 0.6 is 0 Å². The van der Waals surface area contributed by atoms with Gasteiger partial charge in [0.1, 0.15) is 12.1 Å². The van der Waals surface area contributed by atoms with Crippen molar-refractivity contribution < 1.29 is 43.3 Å². The zero-order chi connectivity index (χ0) is 35.8. The van der Waals surface area contributed by atoms with Gasteiger partial charge in [-0.25, -0.2) is 9.48 Å². The van der Waals surface area contributed by atoms with E-state index in [0.717, 1.165) is 19.3 Å². The second-order valence-corrected chi connectivity index (χ2v) is 12.8. The van der Waals surface area contributed by atoms with Crippen LogP contribution in [0.3, 0.4) is 0 Å². The highest BCUT2D eigenvalue weighted by Gasteiger charge is 2.37. The highest BCUT2D eigenvalue weighted by atomic mass is 16.6. The summed E-state index contributed by atoms with van der Waals surface area (Å²) in [6.07, 6.45) is 3.20. The third kappa shape index (κ3) is 8.71. The first-order valence-corrected chi connectivity index (χ1v) is 17.2. The van der Waals surface area contributed by atoms with E-state index in [1.165, 1.54) is 25.4 Å². The van der Waals surface area contributed by atoms with Gasteiger partial charge in [0.25, 0.3) is 11.8 Å². The minimum Gasteiger partial charge on any atom is -0.481 e. The van der Waals surface area contributed by atoms with Crippen LogP contribution in [0.25, 0.3) is 5.69 Å². The number of carboxylic acids is 1. The summed E-state index contributed by atoms with van der Waals surface area (Å²) in [5.74, 6) is -2.81. The molecule has 5 amide bonds. The van der Waals surface area contributed by atoms with Crippen molar-refractivity contribution in [1.29, 1.82) is 0 Å². The predicted molar refractivity (Wildman–Crippen MR) is 177 cm³/mol. The number of aromatic nitrogens is 2. The zero-order valence-electron chi connectivity index (χ0n) is 28.4. The van der Waals surface area contributed by atoms with E-state index in [4.69, 9.17) is 9.47 Å². The molecule has 3 heterocycles. The van der Waals surface area contributed by atoms with Crippen molar-refractivity contribution in [2.24, 2.45) is 0 Å². The van der Waals surface area contributed by atoms with Gasteiger partial charge in [0.2, 0.25) is 17.7 Å². The fourth-order valence-electron chi connectivity index (χ4n) is 6.35. The van der Waals surface area contributed by atoms with Crippen LogP contribution in [0.5, 0.6) is 5.88 Å². The van der Waals surface area contributed by atoms with E-state index < -0.39 is 42.6 Å². The number of hydrogen-bond acceptors (Lipinski definition) is 9. The van der Waals surface area contributed by atoms with Crippen molar-refractivity contribution in [2.45, 2.75) is 83.0 Å². The molecule has 3 N–H and O–H groups in total. The van der Waals surface area contributed by atoms with Gasteiger partial charge in [-0.05, 0) is 64.5 Å². The first-order valence-electron chi connectivity index (χ1n) is 17.2. The average Bonchev–Trinajstić information content (AvgIpc) is 3.75. The van der Waals surface area contributed by atoms with Crippen LogP contribution in [0.4, 0.5) is 4.79 Å². The molecule has 5 rings (SSSR count). The number of aliphatic carboxylic acids is 1. The number of carboxylic acid groups (broad SMARTS) is 1. The number of rotatable bonds is 13. The summed E-state index contributed by atoms with van der Waals surface area (Å²) in [4.78, 5) is 81.7. The number of piperazine rings is 1. The molecule has 0 spiro atoms. The molecule has 2 aromatic rings. The number of para-hydroxylation sites is 1. The Kier molecular flexibility index (Phi) is 11.9. The number of carbonyl (C=O) groups excluding carboxylic acids is 5. The first kappa shape index (κ1) is 36.1. The van der Waals surface area contributed by atoms with Crippen LogP contribution in [-0.4, -0.2) is 129 Å². The van der Waals surface area contributed by atoms with Gasteiger partial charge < -0.3 is 39.9 Å². The third-order valence-corrected chi connectivity index (χ3v) is 9.27. The highest BCUT2D eigenvalue weighted by molar-refractivity contribution is 5.96. The normalized spacial score (nSPS) is 19.7. The molecule has 16 heteroatoms. The van der Waals surface area contributed by atoms with Crippen LogP contribution in [-0.2, 0) is 23.9 Å². The maximum absolute atomic E-state index is 13.6. The van der Waals surface area contributed by atoms with Crippen molar-refractivity contribution in [1.82, 2.24) is 35.1 Å². The molecule has 1 aromatic carbocycles. The Labute approximate surface area is 290 Å². The molecule has 0 unspecified atom stereocenters. The molecular formula is C34H45N7O9. The number of benzene rings is 1. The lowest BCUT2D eigenvalue weighted by molar-refractivity contribution is -0.140. The number of nitrogens with zero attached hydrogens (tertiary/aromatic N) is 5. The fourth-order valence-corrected chi connectivity index (χ4v) is 6.35. The summed E-state index contributed by atoms with van der Waals surface area (Å²) >= 11 is 0. The minimum atomic E-state index is -1.19. The number of nitrogens with one attached hydrogen (secondary N) is 2. The molecule has 0 radical (unpaired) electrons. The lowest BCUT2D eigenvalue weighted by Crippen LogP contribution is -2.59. The van der Waals surface area contributed by atoms with Gasteiger partial charge >= 0.3 is 12.1 Å². The average molecular weight is 696 g/mol. The number of hydrogen-bond donors (Lipinski definition) is 3. The van der Waals surface area contributed by atoms with E-state index in [9.17, 15) is 33.9 Å². The second kappa shape index (κ2) is 16.5. The van der Waals surface area contributed by atoms with Crippen molar-refractivity contribution in [3.63, 3.8) is 0 Å². The molecule has 1 aliphatic carbocycles. The Morgan fingerprint density at radius 3 is 2.42 bits per heavy atom. The van der Waals surface area contributed by atoms with Gasteiger partial charge in [-0.2, -0.15) is 5.10 Å². The molecule has 3 fully saturated rings. The molecule has 50 heavy (non-hydrogen) atoms. The number of amides is 5. The number of ether oxygens (including phenoxy) is 2. The van der Waals surface area contributed by atoms with E-state index in [2.05, 4.69) is 15.7 Å². The smallest absolute Gasteiger partial charge is 0.410 e. The van der Waals surface area contributed by atoms with Gasteiger partial charge in [0, 0.05) is 50.7 Å². The standard InChI is InChI=1S/C34H45N7O9/c1-3-49-34(48)39-18-17-38(20-22(39)2)33(47)25(14-15-30(43)44)36-31(45)26-19-29(41(37-26)24-11-5-4-6-12-24)50-21-28(42)40-16-8-13-27(40)32(46)35-23-9-7-10-23/h4-6,11-12,19,22-23,25,27H,3,7-10,13-18,20-21H2,1-2H3,(H,35,46)(H,36,45)(H,43,44)/t22-,25+,27+/m1/s1. The molecule has 3 aliphatic rings. The molecule has 16 nitrogen and oxygen atoms in total. The Morgan fingerprint density at radius 2 is 1.76 bits per heavy atom. The van der Waals surface area contributed by atoms with E-state index >= 15 is 0 Å². The Balaban J connectivity index is 1.29. The topological polar surface area (TPSA) is 193 Å². The monoisotopic (exact) mass is 695 g/mol. The summed E-state index contributed by atoms with van der Waals surface area (Å²) < 4.78 is 12.4. The minimum absolute atomic E-state index is 0.0849. The zero-order valence-corrected chi connectivity index (χ0v) is 28.4. The van der Waals surface area contributed by atoms with Crippen LogP contribution < -0.4 is 15.4 Å². The second-order valence-electron chi connectivity index (χ2n) is 12.8. The summed E-state index contributed by atoms with van der Waals surface area (Å²) in [5, 5.41) is 19.5. The van der Waals surface area contributed by atoms with Gasteiger partial charge in [-0.3, -0.25) is 24.0 Å². The molecule has 2 aliphatic heterocycles. The third-order valence-electron chi connectivity index (χ3n) is 9.27. The maximum Gasteiger partial charge on any atom is 0.410 e. The number of likely N-dealkylation sites (tertiary alicyclic amines) is 1. The quantitative estimate of drug-likeness (QED) is 0.277. The maximum atomic E-state index is 13.6. The molecule has 1 aromatic heterocycles. The van der Waals surface area contributed by atoms with Crippen molar-refractivity contribution >= 4 is 35.7 Å². The van der Waals surface area contributed by atoms with Crippen molar-refractivity contribution in [3.05, 3.63) is 42.1 Å². The SMILES string of the molecule is CCOC(=O)N1CCN(C(=O)[C@H](CCC(=O)O)NC(=O)c2cc(OCC(=O)N3CCC[C@H]3C(=O)NC3CCC3)n(-c3ccccc3)n2)C[C@H]1C. The lowest BCUT2D eigenvalue weighted by Gasteiger charge is -2.40.